The third kappa shape index (κ3) is 4.66. The lowest BCUT2D eigenvalue weighted by Crippen LogP contribution is -2.12. The van der Waals surface area contributed by atoms with Gasteiger partial charge < -0.3 is 15.4 Å². The first-order valence-electron chi connectivity index (χ1n) is 8.03. The van der Waals surface area contributed by atoms with Crippen LogP contribution in [-0.2, 0) is 4.74 Å². The van der Waals surface area contributed by atoms with Gasteiger partial charge in [0.2, 0.25) is 0 Å². The summed E-state index contributed by atoms with van der Waals surface area (Å²) in [6.07, 6.45) is 1.55. The average molecular weight is 365 g/mol. The highest BCUT2D eigenvalue weighted by Gasteiger charge is 2.08. The maximum atomic E-state index is 12.9. The van der Waals surface area contributed by atoms with E-state index in [2.05, 4.69) is 15.6 Å². The maximum Gasteiger partial charge on any atom is 0.337 e. The van der Waals surface area contributed by atoms with Crippen LogP contribution in [0.4, 0.5) is 21.6 Å². The number of benzene rings is 2. The fraction of sp³-hybridized carbons (Fsp3) is 0.0500. The minimum absolute atomic E-state index is 0.333. The van der Waals surface area contributed by atoms with E-state index in [0.29, 0.717) is 28.3 Å². The number of aromatic nitrogens is 1. The molecule has 3 rings (SSSR count). The lowest BCUT2D eigenvalue weighted by molar-refractivity contribution is 0.0600. The van der Waals surface area contributed by atoms with Crippen LogP contribution in [0.1, 0.15) is 20.7 Å². The number of amides is 1. The normalized spacial score (nSPS) is 10.1. The molecule has 0 aliphatic carbocycles. The Hall–Kier alpha value is -3.74. The van der Waals surface area contributed by atoms with Gasteiger partial charge in [0.25, 0.3) is 5.91 Å². The first-order valence-corrected chi connectivity index (χ1v) is 8.03. The molecule has 0 aliphatic rings. The first-order chi connectivity index (χ1) is 13.0. The molecule has 0 spiro atoms. The number of hydrogen-bond acceptors (Lipinski definition) is 5. The summed E-state index contributed by atoms with van der Waals surface area (Å²) in [4.78, 5) is 27.8. The van der Waals surface area contributed by atoms with Crippen LogP contribution < -0.4 is 10.6 Å². The highest BCUT2D eigenvalue weighted by Crippen LogP contribution is 2.19. The van der Waals surface area contributed by atoms with Gasteiger partial charge in [-0.1, -0.05) is 6.07 Å². The maximum absolute atomic E-state index is 12.9. The number of esters is 1. The van der Waals surface area contributed by atoms with Gasteiger partial charge in [-0.05, 0) is 54.6 Å². The molecule has 0 atom stereocenters. The molecule has 6 nitrogen and oxygen atoms in total. The summed E-state index contributed by atoms with van der Waals surface area (Å²) in [5.74, 6) is -0.848. The van der Waals surface area contributed by atoms with E-state index in [1.165, 1.54) is 31.4 Å². The van der Waals surface area contributed by atoms with Crippen molar-refractivity contribution in [2.75, 3.05) is 17.7 Å². The number of ether oxygens (including phenoxy) is 1. The van der Waals surface area contributed by atoms with Gasteiger partial charge in [-0.3, -0.25) is 4.79 Å². The van der Waals surface area contributed by atoms with E-state index in [1.807, 2.05) is 0 Å². The Bertz CT molecular complexity index is 957. The molecular formula is C20H16FN3O3. The number of carbonyl (C=O) groups excluding carboxylic acids is 2. The van der Waals surface area contributed by atoms with Gasteiger partial charge in [-0.15, -0.1) is 0 Å². The fourth-order valence-corrected chi connectivity index (χ4v) is 2.34. The van der Waals surface area contributed by atoms with Crippen molar-refractivity contribution in [3.8, 4) is 0 Å². The number of halogens is 1. The van der Waals surface area contributed by atoms with Crippen LogP contribution in [0.25, 0.3) is 0 Å². The third-order valence-electron chi connectivity index (χ3n) is 3.68. The molecule has 0 aliphatic heterocycles. The largest absolute Gasteiger partial charge is 0.465 e. The molecule has 2 aromatic carbocycles. The van der Waals surface area contributed by atoms with Crippen LogP contribution in [0.2, 0.25) is 0 Å². The van der Waals surface area contributed by atoms with Crippen molar-refractivity contribution < 1.29 is 18.7 Å². The molecule has 2 N–H and O–H groups in total. The number of pyridine rings is 1. The Balaban J connectivity index is 1.66. The molecule has 1 amide bonds. The number of hydrogen-bond donors (Lipinski definition) is 2. The number of anilines is 3. The predicted octanol–water partition coefficient (Wildman–Crippen LogP) is 4.00. The van der Waals surface area contributed by atoms with E-state index in [0.717, 1.165) is 0 Å². The smallest absolute Gasteiger partial charge is 0.337 e. The molecule has 3 aromatic rings. The predicted molar refractivity (Wildman–Crippen MR) is 99.7 cm³/mol. The van der Waals surface area contributed by atoms with Crippen molar-refractivity contribution >= 4 is 29.1 Å². The summed E-state index contributed by atoms with van der Waals surface area (Å²) in [6.45, 7) is 0. The summed E-state index contributed by atoms with van der Waals surface area (Å²) in [5, 5.41) is 5.76. The summed E-state index contributed by atoms with van der Waals surface area (Å²) in [5.41, 5.74) is 2.14. The van der Waals surface area contributed by atoms with Gasteiger partial charge in [0, 0.05) is 11.3 Å². The number of rotatable bonds is 5. The van der Waals surface area contributed by atoms with Gasteiger partial charge in [0.05, 0.1) is 24.6 Å². The second-order valence-electron chi connectivity index (χ2n) is 5.59. The number of methoxy groups -OCH3 is 1. The highest BCUT2D eigenvalue weighted by atomic mass is 19.1. The van der Waals surface area contributed by atoms with Crippen LogP contribution in [0.5, 0.6) is 0 Å². The quantitative estimate of drug-likeness (QED) is 0.668. The third-order valence-corrected chi connectivity index (χ3v) is 3.68. The zero-order valence-electron chi connectivity index (χ0n) is 14.4. The summed E-state index contributed by atoms with van der Waals surface area (Å²) in [6, 6.07) is 15.5. The van der Waals surface area contributed by atoms with Crippen molar-refractivity contribution in [1.29, 1.82) is 0 Å². The molecule has 1 heterocycles. The molecule has 0 bridgehead atoms. The van der Waals surface area contributed by atoms with Crippen LogP contribution in [0, 0.1) is 5.82 Å². The van der Waals surface area contributed by atoms with E-state index >= 15 is 0 Å². The van der Waals surface area contributed by atoms with Crippen molar-refractivity contribution in [2.45, 2.75) is 0 Å². The van der Waals surface area contributed by atoms with Gasteiger partial charge >= 0.3 is 5.97 Å². The number of nitrogens with one attached hydrogen (secondary N) is 2. The molecule has 0 unspecified atom stereocenters. The zero-order valence-corrected chi connectivity index (χ0v) is 14.4. The number of nitrogens with zero attached hydrogens (tertiary/aromatic N) is 1. The Morgan fingerprint density at radius 2 is 1.74 bits per heavy atom. The van der Waals surface area contributed by atoms with E-state index in [9.17, 15) is 14.0 Å². The molecule has 0 saturated heterocycles. The van der Waals surface area contributed by atoms with Crippen LogP contribution in [-0.4, -0.2) is 24.0 Å². The second kappa shape index (κ2) is 8.09. The van der Waals surface area contributed by atoms with E-state index in [4.69, 9.17) is 4.74 Å². The second-order valence-corrected chi connectivity index (χ2v) is 5.59. The van der Waals surface area contributed by atoms with Crippen molar-refractivity contribution in [1.82, 2.24) is 4.98 Å². The first kappa shape index (κ1) is 18.1. The summed E-state index contributed by atoms with van der Waals surface area (Å²) < 4.78 is 17.6. The molecule has 27 heavy (non-hydrogen) atoms. The van der Waals surface area contributed by atoms with Gasteiger partial charge in [-0.25, -0.2) is 14.2 Å². The SMILES string of the molecule is COC(=O)c1cccc(Nc2ccc(NC(=O)c3ccc(F)cc3)nc2)c1. The average Bonchev–Trinajstić information content (AvgIpc) is 2.69. The standard InChI is InChI=1S/C20H16FN3O3/c1-27-20(26)14-3-2-4-16(11-14)23-17-9-10-18(22-12-17)24-19(25)13-5-7-15(21)8-6-13/h2-12,23H,1H3,(H,22,24,25). The minimum Gasteiger partial charge on any atom is -0.465 e. The molecule has 0 saturated carbocycles. The Morgan fingerprint density at radius 1 is 0.963 bits per heavy atom. The Morgan fingerprint density at radius 3 is 2.41 bits per heavy atom. The summed E-state index contributed by atoms with van der Waals surface area (Å²) in [7, 11) is 1.32. The van der Waals surface area contributed by atoms with Crippen LogP contribution >= 0.6 is 0 Å². The van der Waals surface area contributed by atoms with Crippen molar-refractivity contribution in [3.05, 3.63) is 83.8 Å². The lowest BCUT2D eigenvalue weighted by atomic mass is 10.2. The van der Waals surface area contributed by atoms with E-state index in [-0.39, 0.29) is 5.91 Å². The zero-order chi connectivity index (χ0) is 19.2. The topological polar surface area (TPSA) is 80.3 Å². The molecule has 7 heteroatoms. The Kier molecular flexibility index (Phi) is 5.41. The monoisotopic (exact) mass is 365 g/mol. The summed E-state index contributed by atoms with van der Waals surface area (Å²) >= 11 is 0. The van der Waals surface area contributed by atoms with Crippen LogP contribution in [0.15, 0.2) is 66.9 Å². The minimum atomic E-state index is -0.421. The molecular weight excluding hydrogens is 349 g/mol. The fourth-order valence-electron chi connectivity index (χ4n) is 2.34. The molecule has 0 fully saturated rings. The lowest BCUT2D eigenvalue weighted by Gasteiger charge is -2.09. The van der Waals surface area contributed by atoms with Gasteiger partial charge in [-0.2, -0.15) is 0 Å². The van der Waals surface area contributed by atoms with Crippen molar-refractivity contribution in [2.24, 2.45) is 0 Å². The van der Waals surface area contributed by atoms with E-state index < -0.39 is 11.8 Å². The van der Waals surface area contributed by atoms with Crippen LogP contribution in [0.3, 0.4) is 0 Å². The molecule has 1 aromatic heterocycles. The number of carbonyl (C=O) groups is 2. The highest BCUT2D eigenvalue weighted by molar-refractivity contribution is 6.03. The molecule has 136 valence electrons. The van der Waals surface area contributed by atoms with E-state index in [1.54, 1.807) is 42.6 Å². The Labute approximate surface area is 155 Å². The van der Waals surface area contributed by atoms with Gasteiger partial charge in [0.15, 0.2) is 0 Å². The molecule has 0 radical (unpaired) electrons. The van der Waals surface area contributed by atoms with Crippen molar-refractivity contribution in [3.63, 3.8) is 0 Å². The van der Waals surface area contributed by atoms with Gasteiger partial charge in [0.1, 0.15) is 11.6 Å².